The summed E-state index contributed by atoms with van der Waals surface area (Å²) in [5, 5.41) is 6.03. The lowest BCUT2D eigenvalue weighted by molar-refractivity contribution is 0.187. The van der Waals surface area contributed by atoms with Gasteiger partial charge in [-0.1, -0.05) is 0 Å². The van der Waals surface area contributed by atoms with Crippen LogP contribution in [0.5, 0.6) is 0 Å². The normalized spacial score (nSPS) is 11.8. The summed E-state index contributed by atoms with van der Waals surface area (Å²) in [5.41, 5.74) is 1.70. The van der Waals surface area contributed by atoms with Gasteiger partial charge in [0.1, 0.15) is 0 Å². The molecule has 1 aromatic carbocycles. The number of hydrogen-bond acceptors (Lipinski definition) is 4. The van der Waals surface area contributed by atoms with Crippen LogP contribution in [0, 0.1) is 0 Å². The molecule has 0 aliphatic heterocycles. The Morgan fingerprint density at radius 1 is 1.20 bits per heavy atom. The van der Waals surface area contributed by atoms with E-state index in [0.29, 0.717) is 5.69 Å². The highest BCUT2D eigenvalue weighted by Gasteiger charge is 2.08. The molecule has 1 amide bonds. The van der Waals surface area contributed by atoms with Gasteiger partial charge in [0.15, 0.2) is 0 Å². The predicted octanol–water partition coefficient (Wildman–Crippen LogP) is 4.86. The van der Waals surface area contributed by atoms with Crippen LogP contribution >= 0.6 is 27.3 Å². The highest BCUT2D eigenvalue weighted by molar-refractivity contribution is 9.11. The molecule has 0 bridgehead atoms. The largest absolute Gasteiger partial charge is 0.453 e. The number of methoxy groups -OCH3 is 1. The van der Waals surface area contributed by atoms with Crippen LogP contribution in [0.15, 0.2) is 40.2 Å². The number of amides is 1. The van der Waals surface area contributed by atoms with Crippen LogP contribution in [0.1, 0.15) is 17.8 Å². The van der Waals surface area contributed by atoms with Gasteiger partial charge in [-0.3, -0.25) is 5.32 Å². The Bertz CT molecular complexity index is 583. The molecule has 1 unspecified atom stereocenters. The van der Waals surface area contributed by atoms with Crippen LogP contribution in [0.3, 0.4) is 0 Å². The summed E-state index contributed by atoms with van der Waals surface area (Å²) < 4.78 is 5.66. The van der Waals surface area contributed by atoms with Crippen molar-refractivity contribution in [3.05, 3.63) is 45.1 Å². The number of anilines is 2. The quantitative estimate of drug-likeness (QED) is 0.823. The molecule has 0 saturated carbocycles. The van der Waals surface area contributed by atoms with Gasteiger partial charge in [0.25, 0.3) is 0 Å². The summed E-state index contributed by atoms with van der Waals surface area (Å²) >= 11 is 5.17. The number of benzene rings is 1. The van der Waals surface area contributed by atoms with Gasteiger partial charge in [-0.05, 0) is 59.3 Å². The monoisotopic (exact) mass is 354 g/mol. The predicted molar refractivity (Wildman–Crippen MR) is 86.5 cm³/mol. The summed E-state index contributed by atoms with van der Waals surface area (Å²) in [7, 11) is 1.34. The topological polar surface area (TPSA) is 50.4 Å². The molecule has 1 atom stereocenters. The van der Waals surface area contributed by atoms with Crippen LogP contribution in [-0.4, -0.2) is 13.2 Å². The molecule has 1 heterocycles. The molecule has 0 radical (unpaired) electrons. The minimum atomic E-state index is -0.470. The second kappa shape index (κ2) is 6.76. The lowest BCUT2D eigenvalue weighted by Gasteiger charge is -2.14. The smallest absolute Gasteiger partial charge is 0.411 e. The number of hydrogen-bond donors (Lipinski definition) is 2. The Morgan fingerprint density at radius 3 is 2.40 bits per heavy atom. The third-order valence-corrected chi connectivity index (χ3v) is 4.53. The minimum absolute atomic E-state index is 0.228. The highest BCUT2D eigenvalue weighted by atomic mass is 79.9. The summed E-state index contributed by atoms with van der Waals surface area (Å²) in [4.78, 5) is 12.3. The van der Waals surface area contributed by atoms with Crippen LogP contribution in [0.4, 0.5) is 16.2 Å². The second-order valence-corrected chi connectivity index (χ2v) is 6.70. The van der Waals surface area contributed by atoms with E-state index < -0.39 is 6.09 Å². The number of nitrogens with one attached hydrogen (secondary N) is 2. The Kier molecular flexibility index (Phi) is 5.03. The van der Waals surface area contributed by atoms with Gasteiger partial charge >= 0.3 is 6.09 Å². The number of thiophene rings is 1. The highest BCUT2D eigenvalue weighted by Crippen LogP contribution is 2.29. The van der Waals surface area contributed by atoms with E-state index in [-0.39, 0.29) is 6.04 Å². The van der Waals surface area contributed by atoms with E-state index in [2.05, 4.69) is 44.3 Å². The Hall–Kier alpha value is -1.53. The van der Waals surface area contributed by atoms with E-state index in [0.717, 1.165) is 9.47 Å². The zero-order chi connectivity index (χ0) is 14.5. The number of carbonyl (C=O) groups is 1. The molecule has 2 aromatic rings. The zero-order valence-corrected chi connectivity index (χ0v) is 13.5. The number of halogens is 1. The maximum Gasteiger partial charge on any atom is 0.411 e. The van der Waals surface area contributed by atoms with E-state index in [9.17, 15) is 4.79 Å². The molecule has 0 spiro atoms. The fraction of sp³-hybridized carbons (Fsp3) is 0.214. The summed E-state index contributed by atoms with van der Waals surface area (Å²) in [6, 6.07) is 11.9. The molecule has 4 nitrogen and oxygen atoms in total. The number of ether oxygens (including phenoxy) is 1. The van der Waals surface area contributed by atoms with Gasteiger partial charge in [-0.25, -0.2) is 4.79 Å². The van der Waals surface area contributed by atoms with Gasteiger partial charge in [0.2, 0.25) is 0 Å². The van der Waals surface area contributed by atoms with Crippen LogP contribution in [-0.2, 0) is 4.74 Å². The van der Waals surface area contributed by atoms with E-state index >= 15 is 0 Å². The van der Waals surface area contributed by atoms with Crippen LogP contribution in [0.2, 0.25) is 0 Å². The molecular weight excluding hydrogens is 340 g/mol. The third kappa shape index (κ3) is 3.98. The molecular formula is C14H15BrN2O2S. The van der Waals surface area contributed by atoms with Crippen molar-refractivity contribution in [3.8, 4) is 0 Å². The second-order valence-electron chi connectivity index (χ2n) is 4.20. The van der Waals surface area contributed by atoms with Crippen molar-refractivity contribution in [3.63, 3.8) is 0 Å². The summed E-state index contributed by atoms with van der Waals surface area (Å²) in [5.74, 6) is 0. The maximum atomic E-state index is 11.1. The van der Waals surface area contributed by atoms with Crippen molar-refractivity contribution in [1.29, 1.82) is 0 Å². The Balaban J connectivity index is 1.98. The van der Waals surface area contributed by atoms with Gasteiger partial charge in [-0.15, -0.1) is 11.3 Å². The van der Waals surface area contributed by atoms with E-state index in [1.807, 2.05) is 30.3 Å². The average molecular weight is 355 g/mol. The van der Waals surface area contributed by atoms with Gasteiger partial charge in [0, 0.05) is 16.3 Å². The van der Waals surface area contributed by atoms with Gasteiger partial charge < -0.3 is 10.1 Å². The number of carbonyl (C=O) groups excluding carboxylic acids is 1. The first-order valence-corrected chi connectivity index (χ1v) is 7.66. The van der Waals surface area contributed by atoms with Crippen molar-refractivity contribution in [2.24, 2.45) is 0 Å². The van der Waals surface area contributed by atoms with Crippen molar-refractivity contribution >= 4 is 44.7 Å². The molecule has 2 N–H and O–H groups in total. The third-order valence-electron chi connectivity index (χ3n) is 2.72. The molecule has 106 valence electrons. The molecule has 0 saturated heterocycles. The van der Waals surface area contributed by atoms with Gasteiger partial charge in [-0.2, -0.15) is 0 Å². The van der Waals surface area contributed by atoms with Crippen molar-refractivity contribution in [1.82, 2.24) is 0 Å². The summed E-state index contributed by atoms with van der Waals surface area (Å²) in [6.07, 6.45) is -0.470. The first kappa shape index (κ1) is 14.9. The van der Waals surface area contributed by atoms with Crippen molar-refractivity contribution in [2.45, 2.75) is 13.0 Å². The molecule has 0 aliphatic carbocycles. The molecule has 20 heavy (non-hydrogen) atoms. The van der Waals surface area contributed by atoms with Gasteiger partial charge in [0.05, 0.1) is 16.9 Å². The molecule has 1 aromatic heterocycles. The lowest BCUT2D eigenvalue weighted by atomic mass is 10.2. The molecule has 0 fully saturated rings. The minimum Gasteiger partial charge on any atom is -0.453 e. The standard InChI is InChI=1S/C14H15BrN2O2S/c1-9(12-7-8-13(15)20-12)16-10-3-5-11(6-4-10)17-14(18)19-2/h3-9,16H,1-2H3,(H,17,18). The first-order valence-electron chi connectivity index (χ1n) is 6.05. The van der Waals surface area contributed by atoms with E-state index in [4.69, 9.17) is 0 Å². The molecule has 2 rings (SSSR count). The fourth-order valence-corrected chi connectivity index (χ4v) is 3.13. The maximum absolute atomic E-state index is 11.1. The van der Waals surface area contributed by atoms with Crippen molar-refractivity contribution < 1.29 is 9.53 Å². The summed E-state index contributed by atoms with van der Waals surface area (Å²) in [6.45, 7) is 2.11. The fourth-order valence-electron chi connectivity index (χ4n) is 1.70. The van der Waals surface area contributed by atoms with Crippen LogP contribution < -0.4 is 10.6 Å². The number of rotatable bonds is 4. The molecule has 6 heteroatoms. The van der Waals surface area contributed by atoms with E-state index in [1.165, 1.54) is 12.0 Å². The average Bonchev–Trinajstić information content (AvgIpc) is 2.87. The lowest BCUT2D eigenvalue weighted by Crippen LogP contribution is -2.11. The Morgan fingerprint density at radius 2 is 1.85 bits per heavy atom. The van der Waals surface area contributed by atoms with Crippen molar-refractivity contribution in [2.75, 3.05) is 17.7 Å². The zero-order valence-electron chi connectivity index (χ0n) is 11.1. The Labute approximate surface area is 130 Å². The van der Waals surface area contributed by atoms with Crippen LogP contribution in [0.25, 0.3) is 0 Å². The molecule has 0 aliphatic rings. The first-order chi connectivity index (χ1) is 9.58. The van der Waals surface area contributed by atoms with E-state index in [1.54, 1.807) is 11.3 Å². The SMILES string of the molecule is COC(=O)Nc1ccc(NC(C)c2ccc(Br)s2)cc1.